The number of nitrogens with zero attached hydrogens (tertiary/aromatic N) is 2. The number of rotatable bonds is 4. The Labute approximate surface area is 178 Å². The van der Waals surface area contributed by atoms with Gasteiger partial charge in [0.2, 0.25) is 0 Å². The van der Waals surface area contributed by atoms with Crippen LogP contribution in [0.25, 0.3) is 0 Å². The zero-order valence-electron chi connectivity index (χ0n) is 18.9. The summed E-state index contributed by atoms with van der Waals surface area (Å²) in [5.74, 6) is -1.29. The SMILES string of the molecule is CC(C)(C)OC(=O)NCC(=O)N1C(=O)N(C2CCCCC2)CC1C(=O)OC(C)(C)C. The van der Waals surface area contributed by atoms with Gasteiger partial charge < -0.3 is 19.7 Å². The molecule has 1 saturated heterocycles. The first kappa shape index (κ1) is 24.0. The molecular formula is C21H35N3O6. The first-order chi connectivity index (χ1) is 13.8. The minimum atomic E-state index is -1.04. The van der Waals surface area contributed by atoms with Crippen molar-refractivity contribution in [1.29, 1.82) is 0 Å². The van der Waals surface area contributed by atoms with Crippen LogP contribution in [0.2, 0.25) is 0 Å². The number of esters is 1. The van der Waals surface area contributed by atoms with Gasteiger partial charge in [-0.2, -0.15) is 0 Å². The third-order valence-corrected chi connectivity index (χ3v) is 4.88. The van der Waals surface area contributed by atoms with Crippen molar-refractivity contribution in [2.75, 3.05) is 13.1 Å². The van der Waals surface area contributed by atoms with Gasteiger partial charge in [0.05, 0.1) is 6.54 Å². The first-order valence-electron chi connectivity index (χ1n) is 10.6. The zero-order chi connectivity index (χ0) is 22.7. The molecule has 1 N–H and O–H groups in total. The second-order valence-corrected chi connectivity index (χ2v) is 9.90. The van der Waals surface area contributed by atoms with Crippen LogP contribution in [-0.4, -0.2) is 70.2 Å². The Morgan fingerprint density at radius 1 is 0.967 bits per heavy atom. The van der Waals surface area contributed by atoms with E-state index in [4.69, 9.17) is 9.47 Å². The molecule has 2 fully saturated rings. The molecule has 170 valence electrons. The molecule has 2 rings (SSSR count). The zero-order valence-corrected chi connectivity index (χ0v) is 18.9. The van der Waals surface area contributed by atoms with Gasteiger partial charge in [-0.3, -0.25) is 4.79 Å². The molecule has 2 aliphatic rings. The van der Waals surface area contributed by atoms with Gasteiger partial charge >= 0.3 is 18.1 Å². The van der Waals surface area contributed by atoms with Crippen molar-refractivity contribution in [3.8, 4) is 0 Å². The fraction of sp³-hybridized carbons (Fsp3) is 0.810. The molecular weight excluding hydrogens is 390 g/mol. The van der Waals surface area contributed by atoms with E-state index in [-0.39, 0.29) is 12.6 Å². The van der Waals surface area contributed by atoms with Crippen LogP contribution in [0.3, 0.4) is 0 Å². The maximum absolute atomic E-state index is 13.1. The molecule has 30 heavy (non-hydrogen) atoms. The van der Waals surface area contributed by atoms with Crippen molar-refractivity contribution < 1.29 is 28.7 Å². The van der Waals surface area contributed by atoms with E-state index in [1.165, 1.54) is 0 Å². The van der Waals surface area contributed by atoms with Crippen molar-refractivity contribution in [3.05, 3.63) is 0 Å². The van der Waals surface area contributed by atoms with Crippen LogP contribution in [0.4, 0.5) is 9.59 Å². The molecule has 1 heterocycles. The lowest BCUT2D eigenvalue weighted by atomic mass is 9.94. The van der Waals surface area contributed by atoms with Gasteiger partial charge in [0.15, 0.2) is 6.04 Å². The number of amides is 4. The van der Waals surface area contributed by atoms with E-state index in [1.54, 1.807) is 46.4 Å². The number of carbonyl (C=O) groups is 4. The highest BCUT2D eigenvalue weighted by Crippen LogP contribution is 2.29. The normalized spacial score (nSPS) is 20.9. The fourth-order valence-electron chi connectivity index (χ4n) is 3.69. The highest BCUT2D eigenvalue weighted by atomic mass is 16.6. The Kier molecular flexibility index (Phi) is 7.36. The Morgan fingerprint density at radius 2 is 1.53 bits per heavy atom. The smallest absolute Gasteiger partial charge is 0.408 e. The van der Waals surface area contributed by atoms with Crippen LogP contribution in [0, 0.1) is 0 Å². The number of alkyl carbamates (subject to hydrolysis) is 1. The van der Waals surface area contributed by atoms with Gasteiger partial charge in [-0.15, -0.1) is 0 Å². The molecule has 0 aromatic rings. The largest absolute Gasteiger partial charge is 0.458 e. The number of nitrogens with one attached hydrogen (secondary N) is 1. The molecule has 0 radical (unpaired) electrons. The number of ether oxygens (including phenoxy) is 2. The van der Waals surface area contributed by atoms with E-state index >= 15 is 0 Å². The fourth-order valence-corrected chi connectivity index (χ4v) is 3.69. The monoisotopic (exact) mass is 425 g/mol. The van der Waals surface area contributed by atoms with Crippen LogP contribution in [-0.2, 0) is 19.1 Å². The molecule has 9 nitrogen and oxygen atoms in total. The second kappa shape index (κ2) is 9.22. The summed E-state index contributed by atoms with van der Waals surface area (Å²) in [6.45, 7) is 9.98. The lowest BCUT2D eigenvalue weighted by Crippen LogP contribution is -2.50. The predicted molar refractivity (Wildman–Crippen MR) is 110 cm³/mol. The molecule has 0 aromatic heterocycles. The summed E-state index contributed by atoms with van der Waals surface area (Å²) >= 11 is 0. The molecule has 1 aliphatic heterocycles. The summed E-state index contributed by atoms with van der Waals surface area (Å²) in [5.41, 5.74) is -1.46. The van der Waals surface area contributed by atoms with Crippen LogP contribution < -0.4 is 5.32 Å². The minimum Gasteiger partial charge on any atom is -0.458 e. The summed E-state index contributed by atoms with van der Waals surface area (Å²) < 4.78 is 10.6. The molecule has 1 saturated carbocycles. The second-order valence-electron chi connectivity index (χ2n) is 9.90. The van der Waals surface area contributed by atoms with Gasteiger partial charge in [0.1, 0.15) is 17.7 Å². The number of hydrogen-bond acceptors (Lipinski definition) is 6. The average Bonchev–Trinajstić information content (AvgIpc) is 2.95. The molecule has 0 spiro atoms. The number of hydrogen-bond donors (Lipinski definition) is 1. The Balaban J connectivity index is 2.14. The number of imide groups is 1. The van der Waals surface area contributed by atoms with E-state index in [0.717, 1.165) is 37.0 Å². The minimum absolute atomic E-state index is 0.00722. The Hall–Kier alpha value is -2.32. The third kappa shape index (κ3) is 6.60. The van der Waals surface area contributed by atoms with Gasteiger partial charge in [0.25, 0.3) is 5.91 Å². The summed E-state index contributed by atoms with van der Waals surface area (Å²) in [7, 11) is 0. The van der Waals surface area contributed by atoms with E-state index < -0.39 is 47.8 Å². The lowest BCUT2D eigenvalue weighted by Gasteiger charge is -2.30. The highest BCUT2D eigenvalue weighted by Gasteiger charge is 2.48. The summed E-state index contributed by atoms with van der Waals surface area (Å²) in [5, 5.41) is 2.36. The molecule has 1 aliphatic carbocycles. The van der Waals surface area contributed by atoms with Crippen molar-refractivity contribution in [3.63, 3.8) is 0 Å². The van der Waals surface area contributed by atoms with Crippen molar-refractivity contribution in [2.24, 2.45) is 0 Å². The van der Waals surface area contributed by atoms with E-state index in [1.807, 2.05) is 0 Å². The first-order valence-corrected chi connectivity index (χ1v) is 10.6. The molecule has 0 bridgehead atoms. The van der Waals surface area contributed by atoms with Crippen molar-refractivity contribution in [2.45, 2.75) is 96.9 Å². The average molecular weight is 426 g/mol. The Bertz CT molecular complexity index is 673. The van der Waals surface area contributed by atoms with E-state index in [9.17, 15) is 19.2 Å². The number of carbonyl (C=O) groups excluding carboxylic acids is 4. The van der Waals surface area contributed by atoms with Crippen LogP contribution >= 0.6 is 0 Å². The van der Waals surface area contributed by atoms with Crippen LogP contribution in [0.15, 0.2) is 0 Å². The number of urea groups is 1. The summed E-state index contributed by atoms with van der Waals surface area (Å²) in [6, 6.07) is -1.53. The van der Waals surface area contributed by atoms with Gasteiger partial charge in [-0.1, -0.05) is 19.3 Å². The van der Waals surface area contributed by atoms with Gasteiger partial charge in [-0.05, 0) is 54.4 Å². The molecule has 9 heteroatoms. The maximum atomic E-state index is 13.1. The van der Waals surface area contributed by atoms with E-state index in [0.29, 0.717) is 0 Å². The molecule has 1 unspecified atom stereocenters. The molecule has 1 atom stereocenters. The van der Waals surface area contributed by atoms with E-state index in [2.05, 4.69) is 5.32 Å². The maximum Gasteiger partial charge on any atom is 0.408 e. The van der Waals surface area contributed by atoms with Crippen molar-refractivity contribution >= 4 is 24.0 Å². The highest BCUT2D eigenvalue weighted by molar-refractivity contribution is 6.02. The summed E-state index contributed by atoms with van der Waals surface area (Å²) in [6.07, 6.45) is 4.09. The van der Waals surface area contributed by atoms with Gasteiger partial charge in [-0.25, -0.2) is 19.3 Å². The molecule has 0 aromatic carbocycles. The molecule has 4 amide bonds. The third-order valence-electron chi connectivity index (χ3n) is 4.88. The quantitative estimate of drug-likeness (QED) is 0.695. The van der Waals surface area contributed by atoms with Crippen LogP contribution in [0.5, 0.6) is 0 Å². The van der Waals surface area contributed by atoms with Gasteiger partial charge in [0, 0.05) is 6.04 Å². The summed E-state index contributed by atoms with van der Waals surface area (Å²) in [4.78, 5) is 53.1. The standard InChI is InChI=1S/C21H35N3O6/c1-20(2,3)29-17(26)15-13-23(14-10-8-7-9-11-14)19(28)24(15)16(25)12-22-18(27)30-21(4,5)6/h14-15H,7-13H2,1-6H3,(H,22,27). The predicted octanol–water partition coefficient (Wildman–Crippen LogP) is 2.82. The lowest BCUT2D eigenvalue weighted by molar-refractivity contribution is -0.161. The van der Waals surface area contributed by atoms with Crippen LogP contribution in [0.1, 0.15) is 73.6 Å². The topological polar surface area (TPSA) is 105 Å². The van der Waals surface area contributed by atoms with Crippen molar-refractivity contribution in [1.82, 2.24) is 15.1 Å². The Morgan fingerprint density at radius 3 is 2.07 bits per heavy atom.